The normalized spacial score (nSPS) is 32.3. The van der Waals surface area contributed by atoms with Gasteiger partial charge in [-0.15, -0.1) is 0 Å². The van der Waals surface area contributed by atoms with Gasteiger partial charge in [0.15, 0.2) is 35.0 Å². The predicted molar refractivity (Wildman–Crippen MR) is 170 cm³/mol. The van der Waals surface area contributed by atoms with E-state index in [1.165, 1.54) is 52.8 Å². The van der Waals surface area contributed by atoms with Crippen LogP contribution < -0.4 is 0 Å². The van der Waals surface area contributed by atoms with Gasteiger partial charge in [-0.05, 0) is 34.6 Å². The quantitative estimate of drug-likeness (QED) is 0.164. The van der Waals surface area contributed by atoms with Crippen LogP contribution in [-0.4, -0.2) is 83.0 Å². The van der Waals surface area contributed by atoms with Crippen molar-refractivity contribution in [1.82, 2.24) is 0 Å². The molecule has 2 aliphatic carbocycles. The largest absolute Gasteiger partial charge is 0.458 e. The molecule has 0 amide bonds. The van der Waals surface area contributed by atoms with Gasteiger partial charge >= 0.3 is 35.8 Å². The predicted octanol–water partition coefficient (Wildman–Crippen LogP) is 3.23. The smallest absolute Gasteiger partial charge is 0.334 e. The average molecular weight is 691 g/mol. The third-order valence-electron chi connectivity index (χ3n) is 8.51. The maximum Gasteiger partial charge on any atom is 0.334 e. The lowest BCUT2D eigenvalue weighted by atomic mass is 9.72. The first kappa shape index (κ1) is 40.6. The molecular formula is C35H46O14. The van der Waals surface area contributed by atoms with Crippen molar-refractivity contribution in [2.45, 2.75) is 118 Å². The van der Waals surface area contributed by atoms with Crippen LogP contribution in [0.2, 0.25) is 0 Å². The molecule has 1 unspecified atom stereocenters. The highest BCUT2D eigenvalue weighted by atomic mass is 16.6. The van der Waals surface area contributed by atoms with E-state index in [0.717, 1.165) is 34.6 Å². The lowest BCUT2D eigenvalue weighted by molar-refractivity contribution is -0.191. The number of ether oxygens (including phenoxy) is 6. The van der Waals surface area contributed by atoms with E-state index in [2.05, 4.69) is 6.58 Å². The Bertz CT molecular complexity index is 1480. The molecule has 1 saturated carbocycles. The van der Waals surface area contributed by atoms with E-state index in [0.29, 0.717) is 0 Å². The second-order valence-corrected chi connectivity index (χ2v) is 13.2. The molecule has 270 valence electrons. The number of ketones is 2. The van der Waals surface area contributed by atoms with Crippen LogP contribution in [0.5, 0.6) is 0 Å². The minimum Gasteiger partial charge on any atom is -0.458 e. The highest BCUT2D eigenvalue weighted by Crippen LogP contribution is 2.54. The van der Waals surface area contributed by atoms with Gasteiger partial charge in [-0.25, -0.2) is 4.79 Å². The zero-order valence-corrected chi connectivity index (χ0v) is 29.8. The lowest BCUT2D eigenvalue weighted by Gasteiger charge is -2.42. The van der Waals surface area contributed by atoms with Crippen molar-refractivity contribution in [3.8, 4) is 0 Å². The van der Waals surface area contributed by atoms with Crippen LogP contribution in [0.3, 0.4) is 0 Å². The van der Waals surface area contributed by atoms with Gasteiger partial charge in [-0.1, -0.05) is 31.7 Å². The minimum absolute atomic E-state index is 0.0792. The lowest BCUT2D eigenvalue weighted by Crippen LogP contribution is -2.58. The molecule has 1 fully saturated rings. The monoisotopic (exact) mass is 690 g/mol. The minimum atomic E-state index is -2.36. The number of hydrogen-bond donors (Lipinski definition) is 0. The SMILES string of the molecule is C=C1[C@H](OC(C)=O)C2[C@@H](OC(C)=O)[C@](C)(OC(C)=O)C[C@]2(OC(C)=O)C(=O)[C@H](C)/C=C/C(C)(C)C(=O)[C@H](OC(C)=O)[C@H]1OC(=O)/C(C)=C/C. The van der Waals surface area contributed by atoms with Crippen molar-refractivity contribution in [1.29, 1.82) is 0 Å². The first-order valence-electron chi connectivity index (χ1n) is 15.7. The number of Topliss-reactive ketones (excluding diaryl/α,β-unsaturated/α-hetero) is 2. The zero-order valence-electron chi connectivity index (χ0n) is 29.8. The van der Waals surface area contributed by atoms with E-state index in [1.807, 2.05) is 0 Å². The van der Waals surface area contributed by atoms with E-state index < -0.39 is 112 Å². The molecule has 0 spiro atoms. The molecule has 2 rings (SSSR count). The van der Waals surface area contributed by atoms with Crippen LogP contribution in [0.15, 0.2) is 36.0 Å². The van der Waals surface area contributed by atoms with Crippen molar-refractivity contribution in [2.24, 2.45) is 17.3 Å². The Morgan fingerprint density at radius 1 is 0.735 bits per heavy atom. The molecule has 8 atom stereocenters. The second-order valence-electron chi connectivity index (χ2n) is 13.2. The van der Waals surface area contributed by atoms with Gasteiger partial charge in [-0.2, -0.15) is 0 Å². The van der Waals surface area contributed by atoms with E-state index >= 15 is 0 Å². The Morgan fingerprint density at radius 3 is 1.71 bits per heavy atom. The number of carbonyl (C=O) groups is 8. The fourth-order valence-electron chi connectivity index (χ4n) is 6.35. The molecule has 0 radical (unpaired) electrons. The van der Waals surface area contributed by atoms with Crippen molar-refractivity contribution >= 4 is 47.4 Å². The van der Waals surface area contributed by atoms with Crippen molar-refractivity contribution in [3.05, 3.63) is 36.0 Å². The van der Waals surface area contributed by atoms with Crippen LogP contribution in [0.25, 0.3) is 0 Å². The molecule has 0 saturated heterocycles. The first-order chi connectivity index (χ1) is 22.4. The Kier molecular flexibility index (Phi) is 12.7. The number of hydrogen-bond acceptors (Lipinski definition) is 14. The molecule has 49 heavy (non-hydrogen) atoms. The van der Waals surface area contributed by atoms with Gasteiger partial charge in [-0.3, -0.25) is 33.6 Å². The number of esters is 6. The van der Waals surface area contributed by atoms with Crippen LogP contribution in [0, 0.1) is 17.3 Å². The van der Waals surface area contributed by atoms with Crippen molar-refractivity contribution < 1.29 is 66.8 Å². The maximum atomic E-state index is 14.7. The van der Waals surface area contributed by atoms with Crippen LogP contribution in [0.4, 0.5) is 0 Å². The fourth-order valence-corrected chi connectivity index (χ4v) is 6.35. The Balaban J connectivity index is 3.25. The van der Waals surface area contributed by atoms with Gasteiger partial charge < -0.3 is 28.4 Å². The highest BCUT2D eigenvalue weighted by molar-refractivity contribution is 5.96. The van der Waals surface area contributed by atoms with E-state index in [9.17, 15) is 38.4 Å². The molecule has 14 heteroatoms. The van der Waals surface area contributed by atoms with Crippen LogP contribution in [0.1, 0.15) is 82.6 Å². The summed E-state index contributed by atoms with van der Waals surface area (Å²) in [5.74, 6) is -10.1. The third-order valence-corrected chi connectivity index (χ3v) is 8.51. The standard InChI is InChI=1S/C35H46O14/c1-13-17(2)32(43)47-27-19(4)26(44-20(5)36)25-31(46-22(7)38)34(12,48-23(8)39)16-35(25,49-24(9)40)29(41)18(3)14-15-33(10,11)30(42)28(27)45-21(6)37/h13-15,18,25-28,31H,4,16H2,1-3,5-12H3/b15-14+,17-13+/t18-,25?,26+,27+,28-,31-,34-,35-/m1/s1. The summed E-state index contributed by atoms with van der Waals surface area (Å²) in [5, 5.41) is 0. The average Bonchev–Trinajstić information content (AvgIpc) is 3.19. The van der Waals surface area contributed by atoms with Gasteiger partial charge in [0.2, 0.25) is 6.10 Å². The fraction of sp³-hybridized carbons (Fsp3) is 0.600. The van der Waals surface area contributed by atoms with Crippen molar-refractivity contribution in [2.75, 3.05) is 0 Å². The summed E-state index contributed by atoms with van der Waals surface area (Å²) in [6, 6.07) is 0. The molecule has 14 nitrogen and oxygen atoms in total. The molecule has 0 aromatic heterocycles. The number of allylic oxidation sites excluding steroid dienone is 3. The van der Waals surface area contributed by atoms with E-state index in [-0.39, 0.29) is 5.57 Å². The third kappa shape index (κ3) is 8.90. The summed E-state index contributed by atoms with van der Waals surface area (Å²) in [7, 11) is 0. The summed E-state index contributed by atoms with van der Waals surface area (Å²) < 4.78 is 34.3. The molecule has 0 aromatic rings. The second kappa shape index (κ2) is 15.3. The van der Waals surface area contributed by atoms with Gasteiger partial charge in [0.1, 0.15) is 6.10 Å². The Morgan fingerprint density at radius 2 is 1.24 bits per heavy atom. The van der Waals surface area contributed by atoms with Gasteiger partial charge in [0.25, 0.3) is 0 Å². The maximum absolute atomic E-state index is 14.7. The van der Waals surface area contributed by atoms with Crippen molar-refractivity contribution in [3.63, 3.8) is 0 Å². The topological polar surface area (TPSA) is 192 Å². The summed E-state index contributed by atoms with van der Waals surface area (Å²) in [6.07, 6.45) is -3.74. The van der Waals surface area contributed by atoms with Crippen LogP contribution >= 0.6 is 0 Å². The molecule has 0 aromatic carbocycles. The molecule has 0 heterocycles. The first-order valence-corrected chi connectivity index (χ1v) is 15.7. The number of rotatable bonds is 7. The van der Waals surface area contributed by atoms with E-state index in [1.54, 1.807) is 6.92 Å². The highest BCUT2D eigenvalue weighted by Gasteiger charge is 2.72. The molecular weight excluding hydrogens is 644 g/mol. The number of carbonyl (C=O) groups excluding carboxylic acids is 8. The van der Waals surface area contributed by atoms with Gasteiger partial charge in [0, 0.05) is 63.5 Å². The van der Waals surface area contributed by atoms with Crippen LogP contribution in [-0.2, 0) is 66.8 Å². The summed E-state index contributed by atoms with van der Waals surface area (Å²) in [6.45, 7) is 17.9. The zero-order chi connectivity index (χ0) is 37.8. The molecule has 0 aliphatic heterocycles. The summed E-state index contributed by atoms with van der Waals surface area (Å²) >= 11 is 0. The molecule has 0 N–H and O–H groups in total. The summed E-state index contributed by atoms with van der Waals surface area (Å²) in [5.41, 5.74) is -6.06. The van der Waals surface area contributed by atoms with E-state index in [4.69, 9.17) is 28.4 Å². The summed E-state index contributed by atoms with van der Waals surface area (Å²) in [4.78, 5) is 106. The molecule has 0 bridgehead atoms. The Labute approximate surface area is 285 Å². The number of fused-ring (bicyclic) bond motifs is 1. The van der Waals surface area contributed by atoms with Gasteiger partial charge in [0.05, 0.1) is 5.92 Å². The molecule has 2 aliphatic rings. The Hall–Kier alpha value is -4.62.